The number of unbranched alkanes of at least 4 members (excludes halogenated alkanes) is 1. The lowest BCUT2D eigenvalue weighted by atomic mass is 9.88. The number of hydrogen-bond donors (Lipinski definition) is 1. The van der Waals surface area contributed by atoms with Crippen molar-refractivity contribution in [1.29, 1.82) is 0 Å². The minimum Gasteiger partial charge on any atom is -0.330 e. The fourth-order valence-corrected chi connectivity index (χ4v) is 2.88. The smallest absolute Gasteiger partial charge is 0.139 e. The SMILES string of the molecule is CC(C)(CN)CCCCS(=O)c1ccccc1F. The van der Waals surface area contributed by atoms with Gasteiger partial charge in [-0.3, -0.25) is 4.21 Å². The minimum atomic E-state index is -1.23. The highest BCUT2D eigenvalue weighted by Gasteiger charge is 2.15. The largest absolute Gasteiger partial charge is 0.330 e. The summed E-state index contributed by atoms with van der Waals surface area (Å²) in [4.78, 5) is 0.315. The summed E-state index contributed by atoms with van der Waals surface area (Å²) in [5.41, 5.74) is 5.79. The van der Waals surface area contributed by atoms with Crippen LogP contribution in [0.3, 0.4) is 0 Å². The van der Waals surface area contributed by atoms with E-state index in [1.54, 1.807) is 18.2 Å². The Bertz CT molecular complexity index is 407. The predicted molar refractivity (Wildman–Crippen MR) is 74.4 cm³/mol. The first-order chi connectivity index (χ1) is 8.46. The molecule has 0 heterocycles. The monoisotopic (exact) mass is 271 g/mol. The van der Waals surface area contributed by atoms with Gasteiger partial charge in [0.15, 0.2) is 0 Å². The molecule has 1 aromatic carbocycles. The number of halogens is 1. The highest BCUT2D eigenvalue weighted by Crippen LogP contribution is 2.22. The second-order valence-electron chi connectivity index (χ2n) is 5.31. The molecule has 1 aromatic rings. The van der Waals surface area contributed by atoms with Gasteiger partial charge in [-0.1, -0.05) is 32.4 Å². The number of nitrogens with two attached hydrogens (primary N) is 1. The zero-order valence-corrected chi connectivity index (χ0v) is 11.9. The van der Waals surface area contributed by atoms with E-state index >= 15 is 0 Å². The molecule has 1 rings (SSSR count). The van der Waals surface area contributed by atoms with Gasteiger partial charge in [-0.25, -0.2) is 4.39 Å². The average molecular weight is 271 g/mol. The summed E-state index contributed by atoms with van der Waals surface area (Å²) in [6, 6.07) is 6.27. The summed E-state index contributed by atoms with van der Waals surface area (Å²) < 4.78 is 25.3. The third-order valence-electron chi connectivity index (χ3n) is 3.07. The van der Waals surface area contributed by atoms with Crippen LogP contribution in [0.5, 0.6) is 0 Å². The van der Waals surface area contributed by atoms with Crippen LogP contribution >= 0.6 is 0 Å². The Morgan fingerprint density at radius 1 is 1.28 bits per heavy atom. The molecular weight excluding hydrogens is 249 g/mol. The molecule has 102 valence electrons. The van der Waals surface area contributed by atoms with Gasteiger partial charge >= 0.3 is 0 Å². The van der Waals surface area contributed by atoms with E-state index in [0.29, 0.717) is 17.2 Å². The average Bonchev–Trinajstić information content (AvgIpc) is 2.35. The molecule has 0 aliphatic rings. The summed E-state index contributed by atoms with van der Waals surface area (Å²) in [6.45, 7) is 4.91. The van der Waals surface area contributed by atoms with E-state index in [1.165, 1.54) is 6.07 Å². The molecule has 0 aliphatic carbocycles. The molecule has 1 unspecified atom stereocenters. The summed E-state index contributed by atoms with van der Waals surface area (Å²) >= 11 is 0. The molecular formula is C14H22FNOS. The number of hydrogen-bond acceptors (Lipinski definition) is 2. The van der Waals surface area contributed by atoms with Gasteiger partial charge in [0.1, 0.15) is 5.82 Å². The van der Waals surface area contributed by atoms with E-state index in [-0.39, 0.29) is 11.2 Å². The van der Waals surface area contributed by atoms with Crippen molar-refractivity contribution in [1.82, 2.24) is 0 Å². The van der Waals surface area contributed by atoms with E-state index in [0.717, 1.165) is 19.3 Å². The lowest BCUT2D eigenvalue weighted by Gasteiger charge is -2.21. The van der Waals surface area contributed by atoms with Crippen molar-refractivity contribution in [2.75, 3.05) is 12.3 Å². The van der Waals surface area contributed by atoms with Crippen molar-refractivity contribution in [2.45, 2.75) is 38.0 Å². The molecule has 4 heteroatoms. The Morgan fingerprint density at radius 3 is 2.56 bits per heavy atom. The first kappa shape index (κ1) is 15.3. The molecule has 2 N–H and O–H groups in total. The van der Waals surface area contributed by atoms with E-state index in [1.807, 2.05) is 0 Å². The second kappa shape index (κ2) is 7.00. The Labute approximate surface area is 111 Å². The number of rotatable bonds is 7. The molecule has 0 bridgehead atoms. The molecule has 1 atom stereocenters. The zero-order valence-electron chi connectivity index (χ0n) is 11.1. The zero-order chi connectivity index (χ0) is 13.6. The number of benzene rings is 1. The molecule has 18 heavy (non-hydrogen) atoms. The summed E-state index contributed by atoms with van der Waals surface area (Å²) in [6.07, 6.45) is 2.83. The van der Waals surface area contributed by atoms with Gasteiger partial charge in [0, 0.05) is 5.75 Å². The highest BCUT2D eigenvalue weighted by molar-refractivity contribution is 7.85. The van der Waals surface area contributed by atoms with Crippen LogP contribution in [0.15, 0.2) is 29.2 Å². The van der Waals surface area contributed by atoms with Gasteiger partial charge in [0.2, 0.25) is 0 Å². The van der Waals surface area contributed by atoms with Crippen molar-refractivity contribution in [3.63, 3.8) is 0 Å². The lowest BCUT2D eigenvalue weighted by Crippen LogP contribution is -2.23. The fraction of sp³-hybridized carbons (Fsp3) is 0.571. The molecule has 0 aliphatic heterocycles. The van der Waals surface area contributed by atoms with Crippen LogP contribution in [0.4, 0.5) is 4.39 Å². The van der Waals surface area contributed by atoms with Crippen molar-refractivity contribution in [2.24, 2.45) is 11.1 Å². The molecule has 0 spiro atoms. The van der Waals surface area contributed by atoms with Crippen molar-refractivity contribution in [3.05, 3.63) is 30.1 Å². The summed E-state index contributed by atoms with van der Waals surface area (Å²) in [5.74, 6) is 0.139. The molecule has 0 radical (unpaired) electrons. The van der Waals surface area contributed by atoms with Gasteiger partial charge in [0.25, 0.3) is 0 Å². The van der Waals surface area contributed by atoms with E-state index in [2.05, 4.69) is 13.8 Å². The molecule has 0 saturated carbocycles. The lowest BCUT2D eigenvalue weighted by molar-refractivity contribution is 0.336. The second-order valence-corrected chi connectivity index (χ2v) is 6.84. The highest BCUT2D eigenvalue weighted by atomic mass is 32.2. The Balaban J connectivity index is 2.37. The van der Waals surface area contributed by atoms with Crippen molar-refractivity contribution >= 4 is 10.8 Å². The van der Waals surface area contributed by atoms with Crippen molar-refractivity contribution < 1.29 is 8.60 Å². The normalized spacial score (nSPS) is 13.6. The maximum Gasteiger partial charge on any atom is 0.139 e. The van der Waals surface area contributed by atoms with Crippen LogP contribution in [-0.4, -0.2) is 16.5 Å². The van der Waals surface area contributed by atoms with Gasteiger partial charge in [-0.05, 0) is 36.9 Å². The Hall–Kier alpha value is -0.740. The van der Waals surface area contributed by atoms with E-state index in [9.17, 15) is 8.60 Å². The summed E-state index contributed by atoms with van der Waals surface area (Å²) in [7, 11) is -1.23. The molecule has 0 fully saturated rings. The van der Waals surface area contributed by atoms with Crippen LogP contribution in [0, 0.1) is 11.2 Å². The molecule has 2 nitrogen and oxygen atoms in total. The fourth-order valence-electron chi connectivity index (χ4n) is 1.68. The molecule has 0 amide bonds. The van der Waals surface area contributed by atoms with Crippen LogP contribution in [-0.2, 0) is 10.8 Å². The maximum absolute atomic E-state index is 13.4. The summed E-state index contributed by atoms with van der Waals surface area (Å²) in [5, 5.41) is 0. The van der Waals surface area contributed by atoms with Gasteiger partial charge in [0.05, 0.1) is 15.7 Å². The third-order valence-corrected chi connectivity index (χ3v) is 4.55. The predicted octanol–water partition coefficient (Wildman–Crippen LogP) is 3.09. The quantitative estimate of drug-likeness (QED) is 0.774. The van der Waals surface area contributed by atoms with E-state index < -0.39 is 10.8 Å². The first-order valence-electron chi connectivity index (χ1n) is 6.29. The van der Waals surface area contributed by atoms with Crippen molar-refractivity contribution in [3.8, 4) is 0 Å². The van der Waals surface area contributed by atoms with Gasteiger partial charge in [-0.15, -0.1) is 0 Å². The molecule has 0 aromatic heterocycles. The first-order valence-corrected chi connectivity index (χ1v) is 7.61. The Morgan fingerprint density at radius 2 is 1.94 bits per heavy atom. The minimum absolute atomic E-state index is 0.138. The van der Waals surface area contributed by atoms with Gasteiger partial charge in [-0.2, -0.15) is 0 Å². The van der Waals surface area contributed by atoms with Crippen LogP contribution in [0.2, 0.25) is 0 Å². The standard InChI is InChI=1S/C14H22FNOS/c1-14(2,11-16)9-5-6-10-18(17)13-8-4-3-7-12(13)15/h3-4,7-8H,5-6,9-11,16H2,1-2H3. The van der Waals surface area contributed by atoms with Gasteiger partial charge < -0.3 is 5.73 Å². The van der Waals surface area contributed by atoms with Crippen LogP contribution < -0.4 is 5.73 Å². The van der Waals surface area contributed by atoms with Crippen LogP contribution in [0.25, 0.3) is 0 Å². The third kappa shape index (κ3) is 4.86. The topological polar surface area (TPSA) is 43.1 Å². The van der Waals surface area contributed by atoms with Crippen LogP contribution in [0.1, 0.15) is 33.1 Å². The Kier molecular flexibility index (Phi) is 5.96. The van der Waals surface area contributed by atoms with E-state index in [4.69, 9.17) is 5.73 Å². The maximum atomic E-state index is 13.4. The molecule has 0 saturated heterocycles.